The van der Waals surface area contributed by atoms with E-state index in [0.29, 0.717) is 6.42 Å². The van der Waals surface area contributed by atoms with Gasteiger partial charge in [-0.1, -0.05) is 30.3 Å². The summed E-state index contributed by atoms with van der Waals surface area (Å²) < 4.78 is 1.93. The van der Waals surface area contributed by atoms with Crippen molar-refractivity contribution in [3.8, 4) is 0 Å². The fraction of sp³-hybridized carbons (Fsp3) is 0.438. The zero-order valence-electron chi connectivity index (χ0n) is 12.1. The van der Waals surface area contributed by atoms with E-state index in [4.69, 9.17) is 0 Å². The maximum absolute atomic E-state index is 9.87. The molecule has 1 aromatic heterocycles. The zero-order chi connectivity index (χ0) is 14.6. The fourth-order valence-corrected chi connectivity index (χ4v) is 2.60. The van der Waals surface area contributed by atoms with Gasteiger partial charge in [0, 0.05) is 24.1 Å². The second-order valence-electron chi connectivity index (χ2n) is 5.23. The average molecular weight is 274 g/mol. The third kappa shape index (κ3) is 2.76. The van der Waals surface area contributed by atoms with Crippen molar-refractivity contribution in [1.82, 2.24) is 9.78 Å². The molecule has 0 aliphatic carbocycles. The average Bonchev–Trinajstić information content (AvgIpc) is 2.85. The monoisotopic (exact) mass is 274 g/mol. The summed E-state index contributed by atoms with van der Waals surface area (Å²) in [4.78, 5) is 0. The molecule has 0 saturated carbocycles. The Hall–Kier alpha value is -1.65. The van der Waals surface area contributed by atoms with Crippen LogP contribution in [0.15, 0.2) is 36.4 Å². The lowest BCUT2D eigenvalue weighted by Crippen LogP contribution is -2.38. The number of hydrogen-bond donors (Lipinski definition) is 2. The molecule has 0 atom stereocenters. The molecule has 0 fully saturated rings. The maximum Gasteiger partial charge on any atom is 0.0596 e. The van der Waals surface area contributed by atoms with E-state index >= 15 is 0 Å². The molecular weight excluding hydrogens is 252 g/mol. The molecule has 1 heterocycles. The van der Waals surface area contributed by atoms with E-state index in [-0.39, 0.29) is 13.2 Å². The third-order valence-electron chi connectivity index (χ3n) is 3.80. The zero-order valence-corrected chi connectivity index (χ0v) is 12.1. The van der Waals surface area contributed by atoms with Crippen molar-refractivity contribution < 1.29 is 10.2 Å². The number of nitrogens with zero attached hydrogens (tertiary/aromatic N) is 2. The fourth-order valence-electron chi connectivity index (χ4n) is 2.60. The van der Waals surface area contributed by atoms with Crippen molar-refractivity contribution in [3.05, 3.63) is 53.3 Å². The molecule has 0 aliphatic heterocycles. The van der Waals surface area contributed by atoms with E-state index in [1.165, 1.54) is 0 Å². The summed E-state index contributed by atoms with van der Waals surface area (Å²) in [7, 11) is 0. The van der Waals surface area contributed by atoms with Crippen LogP contribution in [0.3, 0.4) is 0 Å². The minimum atomic E-state index is -0.666. The lowest BCUT2D eigenvalue weighted by atomic mass is 9.78. The smallest absolute Gasteiger partial charge is 0.0596 e. The maximum atomic E-state index is 9.87. The molecule has 0 spiro atoms. The van der Waals surface area contributed by atoms with E-state index in [9.17, 15) is 10.2 Å². The first-order chi connectivity index (χ1) is 9.65. The van der Waals surface area contributed by atoms with Gasteiger partial charge >= 0.3 is 0 Å². The Morgan fingerprint density at radius 1 is 1.15 bits per heavy atom. The summed E-state index contributed by atoms with van der Waals surface area (Å²) in [6.45, 7) is 4.59. The highest BCUT2D eigenvalue weighted by Crippen LogP contribution is 2.28. The highest BCUT2D eigenvalue weighted by Gasteiger charge is 2.32. The molecule has 0 unspecified atom stereocenters. The largest absolute Gasteiger partial charge is 0.395 e. The molecule has 1 aromatic carbocycles. The van der Waals surface area contributed by atoms with Gasteiger partial charge < -0.3 is 10.2 Å². The van der Waals surface area contributed by atoms with E-state index in [2.05, 4.69) is 5.10 Å². The van der Waals surface area contributed by atoms with Gasteiger partial charge in [-0.3, -0.25) is 4.68 Å². The van der Waals surface area contributed by atoms with Gasteiger partial charge in [-0.15, -0.1) is 0 Å². The second kappa shape index (κ2) is 6.20. The highest BCUT2D eigenvalue weighted by molar-refractivity contribution is 5.28. The van der Waals surface area contributed by atoms with Crippen LogP contribution in [0, 0.1) is 6.92 Å². The molecular formula is C16H22N2O2. The Morgan fingerprint density at radius 2 is 1.80 bits per heavy atom. The molecule has 4 nitrogen and oxygen atoms in total. The van der Waals surface area contributed by atoms with Crippen LogP contribution >= 0.6 is 0 Å². The van der Waals surface area contributed by atoms with Crippen molar-refractivity contribution in [2.45, 2.75) is 32.2 Å². The van der Waals surface area contributed by atoms with Gasteiger partial charge in [-0.25, -0.2) is 0 Å². The number of aliphatic hydroxyl groups excluding tert-OH is 2. The Kier molecular flexibility index (Phi) is 4.57. The van der Waals surface area contributed by atoms with Gasteiger partial charge in [-0.2, -0.15) is 5.10 Å². The van der Waals surface area contributed by atoms with Gasteiger partial charge in [0.15, 0.2) is 0 Å². The second-order valence-corrected chi connectivity index (χ2v) is 5.23. The first kappa shape index (κ1) is 14.8. The number of benzene rings is 1. The van der Waals surface area contributed by atoms with Crippen LogP contribution in [-0.2, 0) is 18.4 Å². The Balaban J connectivity index is 2.39. The van der Waals surface area contributed by atoms with Crippen molar-refractivity contribution in [3.63, 3.8) is 0 Å². The Labute approximate surface area is 119 Å². The number of aromatic nitrogens is 2. The van der Waals surface area contributed by atoms with Gasteiger partial charge in [0.05, 0.1) is 18.9 Å². The van der Waals surface area contributed by atoms with Gasteiger partial charge in [0.1, 0.15) is 0 Å². The normalized spacial score (nSPS) is 11.8. The molecule has 0 radical (unpaired) electrons. The first-order valence-corrected chi connectivity index (χ1v) is 6.96. The van der Waals surface area contributed by atoms with Crippen LogP contribution in [0.25, 0.3) is 0 Å². The minimum absolute atomic E-state index is 0.0958. The molecule has 0 saturated heterocycles. The van der Waals surface area contributed by atoms with Gasteiger partial charge in [0.2, 0.25) is 0 Å². The molecule has 0 aliphatic rings. The van der Waals surface area contributed by atoms with Crippen LogP contribution in [0.4, 0.5) is 0 Å². The summed E-state index contributed by atoms with van der Waals surface area (Å²) in [5.41, 5.74) is 2.28. The quantitative estimate of drug-likeness (QED) is 0.842. The lowest BCUT2D eigenvalue weighted by Gasteiger charge is -2.30. The highest BCUT2D eigenvalue weighted by atomic mass is 16.3. The van der Waals surface area contributed by atoms with Crippen molar-refractivity contribution in [1.29, 1.82) is 0 Å². The summed E-state index contributed by atoms with van der Waals surface area (Å²) >= 11 is 0. The molecule has 0 bridgehead atoms. The molecule has 2 aromatic rings. The number of aryl methyl sites for hydroxylation is 2. The number of hydrogen-bond acceptors (Lipinski definition) is 3. The predicted octanol–water partition coefficient (Wildman–Crippen LogP) is 1.68. The van der Waals surface area contributed by atoms with Crippen LogP contribution in [0.5, 0.6) is 0 Å². The molecule has 2 rings (SSSR count). The van der Waals surface area contributed by atoms with Crippen molar-refractivity contribution in [2.24, 2.45) is 0 Å². The summed E-state index contributed by atoms with van der Waals surface area (Å²) in [6.07, 6.45) is 0.568. The van der Waals surface area contributed by atoms with Gasteiger partial charge in [0.25, 0.3) is 0 Å². The van der Waals surface area contributed by atoms with Crippen LogP contribution in [0.2, 0.25) is 0 Å². The molecule has 0 amide bonds. The van der Waals surface area contributed by atoms with Crippen LogP contribution in [0.1, 0.15) is 23.9 Å². The summed E-state index contributed by atoms with van der Waals surface area (Å²) in [6, 6.07) is 11.7. The Morgan fingerprint density at radius 3 is 2.35 bits per heavy atom. The SMILES string of the molecule is CCn1nc(C)cc1CC(CO)(CO)c1ccccc1. The first-order valence-electron chi connectivity index (χ1n) is 6.96. The molecule has 108 valence electrons. The number of aliphatic hydroxyl groups is 2. The summed E-state index contributed by atoms with van der Waals surface area (Å²) in [5, 5.41) is 24.2. The standard InChI is InChI=1S/C16H22N2O2/c1-3-18-15(9-13(2)17-18)10-16(11-19,12-20)14-7-5-4-6-8-14/h4-9,19-20H,3,10-12H2,1-2H3. The number of rotatable bonds is 6. The predicted molar refractivity (Wildman–Crippen MR) is 78.6 cm³/mol. The molecule has 20 heavy (non-hydrogen) atoms. The van der Waals surface area contributed by atoms with Crippen LogP contribution in [-0.4, -0.2) is 33.2 Å². The minimum Gasteiger partial charge on any atom is -0.395 e. The third-order valence-corrected chi connectivity index (χ3v) is 3.80. The van der Waals surface area contributed by atoms with Gasteiger partial charge in [-0.05, 0) is 25.5 Å². The molecule has 2 N–H and O–H groups in total. The van der Waals surface area contributed by atoms with Crippen molar-refractivity contribution in [2.75, 3.05) is 13.2 Å². The van der Waals surface area contributed by atoms with E-state index in [0.717, 1.165) is 23.5 Å². The van der Waals surface area contributed by atoms with E-state index in [1.807, 2.05) is 54.9 Å². The lowest BCUT2D eigenvalue weighted by molar-refractivity contribution is 0.114. The topological polar surface area (TPSA) is 58.3 Å². The Bertz CT molecular complexity index is 545. The van der Waals surface area contributed by atoms with E-state index < -0.39 is 5.41 Å². The van der Waals surface area contributed by atoms with E-state index in [1.54, 1.807) is 0 Å². The van der Waals surface area contributed by atoms with Crippen molar-refractivity contribution >= 4 is 0 Å². The molecule has 4 heteroatoms. The summed E-state index contributed by atoms with van der Waals surface area (Å²) in [5.74, 6) is 0. The van der Waals surface area contributed by atoms with Crippen LogP contribution < -0.4 is 0 Å².